The Bertz CT molecular complexity index is 1360. The number of likely N-dealkylation sites (N-methyl/N-ethyl adjacent to an activating group) is 1. The van der Waals surface area contributed by atoms with E-state index in [2.05, 4.69) is 34.4 Å². The average molecular weight is 624 g/mol. The summed E-state index contributed by atoms with van der Waals surface area (Å²) >= 11 is 1.40. The number of rotatable bonds is 13. The molecule has 238 valence electrons. The van der Waals surface area contributed by atoms with Crippen molar-refractivity contribution in [3.8, 4) is 10.6 Å². The Morgan fingerprint density at radius 3 is 2.43 bits per heavy atom. The molecule has 3 aromatic rings. The van der Waals surface area contributed by atoms with Gasteiger partial charge < -0.3 is 25.0 Å². The largest absolute Gasteiger partial charge is 0.445 e. The first-order valence-electron chi connectivity index (χ1n) is 15.0. The van der Waals surface area contributed by atoms with E-state index in [-0.39, 0.29) is 24.3 Å². The molecule has 0 radical (unpaired) electrons. The van der Waals surface area contributed by atoms with Crippen molar-refractivity contribution in [3.63, 3.8) is 0 Å². The Kier molecular flexibility index (Phi) is 12.7. The summed E-state index contributed by atoms with van der Waals surface area (Å²) in [5.41, 5.74) is 1.75. The Morgan fingerprint density at radius 2 is 1.80 bits per heavy atom. The number of ether oxygens (including phenoxy) is 2. The van der Waals surface area contributed by atoms with Gasteiger partial charge in [-0.15, -0.1) is 0 Å². The SMILES string of the molecule is CCC(C)C(CCCNC(=O)OCc1ccccc1)C(NC(=O)OC(C)(C)C)C(=O)N(C)c1sc(-c2cccnc2)nc1C. The first-order chi connectivity index (χ1) is 20.9. The second-order valence-corrected chi connectivity index (χ2v) is 12.8. The lowest BCUT2D eigenvalue weighted by atomic mass is 9.81. The van der Waals surface area contributed by atoms with E-state index in [0.29, 0.717) is 30.1 Å². The van der Waals surface area contributed by atoms with Crippen molar-refractivity contribution in [3.05, 3.63) is 66.1 Å². The molecule has 1 aromatic carbocycles. The molecule has 0 saturated heterocycles. The number of alkyl carbamates (subject to hydrolysis) is 2. The topological polar surface area (TPSA) is 123 Å². The van der Waals surface area contributed by atoms with E-state index in [1.165, 1.54) is 11.3 Å². The third-order valence-electron chi connectivity index (χ3n) is 7.25. The van der Waals surface area contributed by atoms with Crippen molar-refractivity contribution in [2.75, 3.05) is 18.5 Å². The molecule has 44 heavy (non-hydrogen) atoms. The van der Waals surface area contributed by atoms with Gasteiger partial charge in [0.1, 0.15) is 28.3 Å². The predicted molar refractivity (Wildman–Crippen MR) is 173 cm³/mol. The number of aryl methyl sites for hydroxylation is 1. The Hall–Kier alpha value is -3.99. The normalized spacial score (nSPS) is 13.3. The zero-order valence-electron chi connectivity index (χ0n) is 26.8. The molecule has 3 amide bonds. The van der Waals surface area contributed by atoms with Crippen molar-refractivity contribution < 1.29 is 23.9 Å². The van der Waals surface area contributed by atoms with Gasteiger partial charge in [0.15, 0.2) is 0 Å². The molecule has 11 heteroatoms. The fourth-order valence-corrected chi connectivity index (χ4v) is 5.82. The van der Waals surface area contributed by atoms with Crippen LogP contribution in [0.15, 0.2) is 54.9 Å². The molecule has 0 saturated carbocycles. The number of nitrogens with one attached hydrogen (secondary N) is 2. The van der Waals surface area contributed by atoms with Gasteiger partial charge in [0, 0.05) is 31.5 Å². The van der Waals surface area contributed by atoms with Crippen LogP contribution in [-0.2, 0) is 20.9 Å². The minimum Gasteiger partial charge on any atom is -0.445 e. The first-order valence-corrected chi connectivity index (χ1v) is 15.8. The molecule has 0 bridgehead atoms. The van der Waals surface area contributed by atoms with Crippen LogP contribution < -0.4 is 15.5 Å². The van der Waals surface area contributed by atoms with E-state index >= 15 is 0 Å². The number of thiazole rings is 1. The molecule has 2 heterocycles. The number of nitrogens with zero attached hydrogens (tertiary/aromatic N) is 3. The van der Waals surface area contributed by atoms with Crippen LogP contribution in [0, 0.1) is 18.8 Å². The van der Waals surface area contributed by atoms with Crippen LogP contribution in [0.2, 0.25) is 0 Å². The molecule has 0 aliphatic rings. The maximum atomic E-state index is 14.2. The minimum atomic E-state index is -0.863. The molecule has 2 N–H and O–H groups in total. The summed E-state index contributed by atoms with van der Waals surface area (Å²) in [4.78, 5) is 49.9. The molecule has 10 nitrogen and oxygen atoms in total. The number of pyridine rings is 1. The standard InChI is InChI=1S/C33H45N5O5S/c1-8-22(2)26(17-13-19-35-31(40)42-21-24-14-10-9-11-15-24)27(37-32(41)43-33(4,5)6)29(39)38(7)30-23(3)36-28(44-30)25-16-12-18-34-20-25/h9-12,14-16,18,20,22,26-27H,8,13,17,19,21H2,1-7H3,(H,35,40)(H,37,41). The lowest BCUT2D eigenvalue weighted by molar-refractivity contribution is -0.122. The minimum absolute atomic E-state index is 0.0887. The number of aromatic nitrogens is 2. The summed E-state index contributed by atoms with van der Waals surface area (Å²) in [6, 6.07) is 12.4. The van der Waals surface area contributed by atoms with Gasteiger partial charge in [0.25, 0.3) is 0 Å². The number of anilines is 1. The highest BCUT2D eigenvalue weighted by molar-refractivity contribution is 7.19. The average Bonchev–Trinajstić information content (AvgIpc) is 3.39. The van der Waals surface area contributed by atoms with Crippen LogP contribution in [0.1, 0.15) is 65.1 Å². The third kappa shape index (κ3) is 10.3. The molecule has 3 unspecified atom stereocenters. The van der Waals surface area contributed by atoms with Gasteiger partial charge in [0.2, 0.25) is 5.91 Å². The van der Waals surface area contributed by atoms with Gasteiger partial charge in [-0.05, 0) is 70.1 Å². The summed E-state index contributed by atoms with van der Waals surface area (Å²) in [7, 11) is 1.71. The van der Waals surface area contributed by atoms with E-state index in [1.54, 1.807) is 45.1 Å². The number of hydrogen-bond donors (Lipinski definition) is 2. The van der Waals surface area contributed by atoms with Crippen LogP contribution in [-0.4, -0.2) is 53.3 Å². The molecular formula is C33H45N5O5S. The van der Waals surface area contributed by atoms with E-state index in [1.807, 2.05) is 49.4 Å². The molecule has 3 rings (SSSR count). The Morgan fingerprint density at radius 1 is 1.07 bits per heavy atom. The molecule has 0 aliphatic heterocycles. The number of carbonyl (C=O) groups excluding carboxylic acids is 3. The maximum absolute atomic E-state index is 14.2. The van der Waals surface area contributed by atoms with Gasteiger partial charge in [-0.3, -0.25) is 9.78 Å². The number of amides is 3. The summed E-state index contributed by atoms with van der Waals surface area (Å²) < 4.78 is 10.9. The Labute approximate surface area is 264 Å². The molecule has 0 aliphatic carbocycles. The Balaban J connectivity index is 1.75. The maximum Gasteiger partial charge on any atom is 0.408 e. The zero-order chi connectivity index (χ0) is 32.3. The van der Waals surface area contributed by atoms with Crippen LogP contribution in [0.5, 0.6) is 0 Å². The second-order valence-electron chi connectivity index (χ2n) is 11.9. The quantitative estimate of drug-likeness (QED) is 0.202. The summed E-state index contributed by atoms with van der Waals surface area (Å²) in [6.45, 7) is 11.9. The van der Waals surface area contributed by atoms with Crippen LogP contribution in [0.4, 0.5) is 14.6 Å². The second kappa shape index (κ2) is 16.2. The van der Waals surface area contributed by atoms with E-state index in [0.717, 1.165) is 22.6 Å². The molecule has 3 atom stereocenters. The highest BCUT2D eigenvalue weighted by Gasteiger charge is 2.37. The van der Waals surface area contributed by atoms with Gasteiger partial charge >= 0.3 is 12.2 Å². The van der Waals surface area contributed by atoms with Crippen molar-refractivity contribution >= 4 is 34.4 Å². The van der Waals surface area contributed by atoms with Gasteiger partial charge in [-0.1, -0.05) is 61.9 Å². The van der Waals surface area contributed by atoms with Crippen molar-refractivity contribution in [1.29, 1.82) is 0 Å². The van der Waals surface area contributed by atoms with Crippen LogP contribution in [0.3, 0.4) is 0 Å². The van der Waals surface area contributed by atoms with Crippen LogP contribution >= 0.6 is 11.3 Å². The van der Waals surface area contributed by atoms with Gasteiger partial charge in [0.05, 0.1) is 5.69 Å². The summed E-state index contributed by atoms with van der Waals surface area (Å²) in [5, 5.41) is 7.14. The van der Waals surface area contributed by atoms with E-state index in [4.69, 9.17) is 9.47 Å². The number of benzene rings is 1. The highest BCUT2D eigenvalue weighted by Crippen LogP contribution is 2.35. The molecule has 0 fully saturated rings. The summed E-state index contributed by atoms with van der Waals surface area (Å²) in [6.07, 6.45) is 4.24. The van der Waals surface area contributed by atoms with Crippen molar-refractivity contribution in [2.24, 2.45) is 11.8 Å². The van der Waals surface area contributed by atoms with Gasteiger partial charge in [-0.2, -0.15) is 0 Å². The van der Waals surface area contributed by atoms with Crippen molar-refractivity contribution in [1.82, 2.24) is 20.6 Å². The first kappa shape index (κ1) is 34.5. The molecule has 0 spiro atoms. The fraction of sp³-hybridized carbons (Fsp3) is 0.485. The smallest absolute Gasteiger partial charge is 0.408 e. The third-order valence-corrected chi connectivity index (χ3v) is 8.54. The predicted octanol–water partition coefficient (Wildman–Crippen LogP) is 6.74. The summed E-state index contributed by atoms with van der Waals surface area (Å²) in [5.74, 6) is -0.401. The number of hydrogen-bond acceptors (Lipinski definition) is 8. The monoisotopic (exact) mass is 623 g/mol. The fourth-order valence-electron chi connectivity index (χ4n) is 4.79. The highest BCUT2D eigenvalue weighted by atomic mass is 32.1. The van der Waals surface area contributed by atoms with Crippen LogP contribution in [0.25, 0.3) is 10.6 Å². The zero-order valence-corrected chi connectivity index (χ0v) is 27.6. The van der Waals surface area contributed by atoms with Gasteiger partial charge in [-0.25, -0.2) is 14.6 Å². The van der Waals surface area contributed by atoms with E-state index in [9.17, 15) is 14.4 Å². The lowest BCUT2D eigenvalue weighted by Gasteiger charge is -2.34. The van der Waals surface area contributed by atoms with Crippen molar-refractivity contribution in [2.45, 2.75) is 79.1 Å². The van der Waals surface area contributed by atoms with E-state index < -0.39 is 23.8 Å². The molecular weight excluding hydrogens is 578 g/mol. The molecule has 2 aromatic heterocycles. The number of carbonyl (C=O) groups is 3. The lowest BCUT2D eigenvalue weighted by Crippen LogP contribution is -2.54.